The Morgan fingerprint density at radius 1 is 1.53 bits per heavy atom. The highest BCUT2D eigenvalue weighted by Crippen LogP contribution is 2.08. The summed E-state index contributed by atoms with van der Waals surface area (Å²) in [6, 6.07) is 1.58. The van der Waals surface area contributed by atoms with Crippen molar-refractivity contribution in [2.24, 2.45) is 7.05 Å². The average Bonchev–Trinajstić information content (AvgIpc) is 2.63. The molecule has 0 radical (unpaired) electrons. The Bertz CT molecular complexity index is 412. The summed E-state index contributed by atoms with van der Waals surface area (Å²) in [7, 11) is 1.68. The fourth-order valence-electron chi connectivity index (χ4n) is 1.54. The molecule has 0 fully saturated rings. The minimum absolute atomic E-state index is 0.0447. The Balaban J connectivity index is 2.81. The molecule has 1 rings (SSSR count). The van der Waals surface area contributed by atoms with Crippen LogP contribution in [0.1, 0.15) is 30.8 Å². The van der Waals surface area contributed by atoms with E-state index < -0.39 is 5.97 Å². The molecule has 0 bridgehead atoms. The number of carbonyl (C=O) groups excluding carboxylic acids is 1. The SMILES string of the molecule is CC(C)N(CCC(=O)O)C(=O)c1ccnn1C. The largest absolute Gasteiger partial charge is 0.481 e. The Morgan fingerprint density at radius 3 is 2.59 bits per heavy atom. The zero-order valence-electron chi connectivity index (χ0n) is 10.3. The maximum atomic E-state index is 12.2. The molecule has 94 valence electrons. The summed E-state index contributed by atoms with van der Waals surface area (Å²) in [4.78, 5) is 24.2. The first-order valence-electron chi connectivity index (χ1n) is 5.44. The molecule has 1 amide bonds. The molecule has 0 saturated heterocycles. The zero-order valence-corrected chi connectivity index (χ0v) is 10.3. The summed E-state index contributed by atoms with van der Waals surface area (Å²) < 4.78 is 1.48. The van der Waals surface area contributed by atoms with Gasteiger partial charge in [0, 0.05) is 25.8 Å². The Morgan fingerprint density at radius 2 is 2.18 bits per heavy atom. The third-order valence-corrected chi connectivity index (χ3v) is 2.49. The number of aromatic nitrogens is 2. The number of aryl methyl sites for hydroxylation is 1. The third-order valence-electron chi connectivity index (χ3n) is 2.49. The van der Waals surface area contributed by atoms with Gasteiger partial charge in [-0.25, -0.2) is 0 Å². The standard InChI is InChI=1S/C11H17N3O3/c1-8(2)14(7-5-10(15)16)11(17)9-4-6-12-13(9)3/h4,6,8H,5,7H2,1-3H3,(H,15,16). The lowest BCUT2D eigenvalue weighted by atomic mass is 10.2. The molecule has 0 atom stereocenters. The van der Waals surface area contributed by atoms with E-state index in [1.807, 2.05) is 13.8 Å². The van der Waals surface area contributed by atoms with Crippen molar-refractivity contribution in [3.63, 3.8) is 0 Å². The molecule has 0 spiro atoms. The van der Waals surface area contributed by atoms with Crippen molar-refractivity contribution in [1.29, 1.82) is 0 Å². The molecule has 17 heavy (non-hydrogen) atoms. The molecule has 6 heteroatoms. The van der Waals surface area contributed by atoms with Crippen LogP contribution in [0, 0.1) is 0 Å². The van der Waals surface area contributed by atoms with Crippen LogP contribution in [0.5, 0.6) is 0 Å². The number of rotatable bonds is 5. The second-order valence-electron chi connectivity index (χ2n) is 4.08. The van der Waals surface area contributed by atoms with Gasteiger partial charge in [0.15, 0.2) is 0 Å². The van der Waals surface area contributed by atoms with Gasteiger partial charge in [0.2, 0.25) is 0 Å². The summed E-state index contributed by atoms with van der Waals surface area (Å²) in [5.41, 5.74) is 0.462. The van der Waals surface area contributed by atoms with Gasteiger partial charge >= 0.3 is 5.97 Å². The zero-order chi connectivity index (χ0) is 13.0. The highest BCUT2D eigenvalue weighted by atomic mass is 16.4. The number of aliphatic carboxylic acids is 1. The number of amides is 1. The van der Waals surface area contributed by atoms with Gasteiger partial charge in [0.05, 0.1) is 6.42 Å². The van der Waals surface area contributed by atoms with Gasteiger partial charge in [-0.05, 0) is 19.9 Å². The second-order valence-corrected chi connectivity index (χ2v) is 4.08. The lowest BCUT2D eigenvalue weighted by Gasteiger charge is -2.26. The third kappa shape index (κ3) is 3.30. The predicted molar refractivity (Wildman–Crippen MR) is 61.6 cm³/mol. The van der Waals surface area contributed by atoms with Gasteiger partial charge < -0.3 is 10.0 Å². The second kappa shape index (κ2) is 5.47. The van der Waals surface area contributed by atoms with E-state index in [-0.39, 0.29) is 24.9 Å². The van der Waals surface area contributed by atoms with Gasteiger partial charge in [0.25, 0.3) is 5.91 Å². The van der Waals surface area contributed by atoms with Crippen molar-refractivity contribution in [3.8, 4) is 0 Å². The van der Waals surface area contributed by atoms with E-state index in [0.29, 0.717) is 5.69 Å². The topological polar surface area (TPSA) is 75.4 Å². The summed E-state index contributed by atoms with van der Waals surface area (Å²) in [5.74, 6) is -1.10. The smallest absolute Gasteiger partial charge is 0.305 e. The Hall–Kier alpha value is -1.85. The van der Waals surface area contributed by atoms with Crippen molar-refractivity contribution in [2.45, 2.75) is 26.3 Å². The summed E-state index contributed by atoms with van der Waals surface area (Å²) in [6.45, 7) is 3.92. The molecule has 0 aromatic carbocycles. The molecule has 0 unspecified atom stereocenters. The van der Waals surface area contributed by atoms with Crippen LogP contribution < -0.4 is 0 Å². The van der Waals surface area contributed by atoms with Gasteiger partial charge in [-0.2, -0.15) is 5.10 Å². The maximum Gasteiger partial charge on any atom is 0.305 e. The number of carboxylic acid groups (broad SMARTS) is 1. The Kier molecular flexibility index (Phi) is 4.25. The van der Waals surface area contributed by atoms with E-state index in [2.05, 4.69) is 5.10 Å². The van der Waals surface area contributed by atoms with Crippen molar-refractivity contribution < 1.29 is 14.7 Å². The molecule has 0 aliphatic heterocycles. The van der Waals surface area contributed by atoms with Gasteiger partial charge in [-0.1, -0.05) is 0 Å². The molecule has 1 aromatic heterocycles. The van der Waals surface area contributed by atoms with Crippen LogP contribution >= 0.6 is 0 Å². The summed E-state index contributed by atoms with van der Waals surface area (Å²) in [6.07, 6.45) is 1.49. The first-order chi connectivity index (χ1) is 7.93. The average molecular weight is 239 g/mol. The number of carbonyl (C=O) groups is 2. The summed E-state index contributed by atoms with van der Waals surface area (Å²) in [5, 5.41) is 12.6. The van der Waals surface area contributed by atoms with Crippen LogP contribution in [-0.4, -0.2) is 44.3 Å². The molecule has 0 aliphatic rings. The molecular formula is C11H17N3O3. The van der Waals surface area contributed by atoms with Crippen LogP contribution in [-0.2, 0) is 11.8 Å². The highest BCUT2D eigenvalue weighted by molar-refractivity contribution is 5.92. The van der Waals surface area contributed by atoms with Crippen molar-refractivity contribution in [3.05, 3.63) is 18.0 Å². The van der Waals surface area contributed by atoms with Crippen LogP contribution in [0.3, 0.4) is 0 Å². The fourth-order valence-corrected chi connectivity index (χ4v) is 1.54. The quantitative estimate of drug-likeness (QED) is 0.822. The molecule has 6 nitrogen and oxygen atoms in total. The lowest BCUT2D eigenvalue weighted by molar-refractivity contribution is -0.137. The molecule has 1 aromatic rings. The highest BCUT2D eigenvalue weighted by Gasteiger charge is 2.21. The van der Waals surface area contributed by atoms with Crippen molar-refractivity contribution in [2.75, 3.05) is 6.54 Å². The van der Waals surface area contributed by atoms with Gasteiger partial charge in [-0.3, -0.25) is 14.3 Å². The molecule has 1 N–H and O–H groups in total. The van der Waals surface area contributed by atoms with E-state index in [1.165, 1.54) is 9.58 Å². The van der Waals surface area contributed by atoms with Gasteiger partial charge in [-0.15, -0.1) is 0 Å². The molecule has 0 aliphatic carbocycles. The van der Waals surface area contributed by atoms with Crippen LogP contribution in [0.4, 0.5) is 0 Å². The molecule has 1 heterocycles. The number of hydrogen-bond donors (Lipinski definition) is 1. The minimum Gasteiger partial charge on any atom is -0.481 e. The maximum absolute atomic E-state index is 12.2. The molecule has 0 saturated carbocycles. The van der Waals surface area contributed by atoms with Crippen molar-refractivity contribution >= 4 is 11.9 Å². The monoisotopic (exact) mass is 239 g/mol. The fraction of sp³-hybridized carbons (Fsp3) is 0.545. The van der Waals surface area contributed by atoms with Crippen molar-refractivity contribution in [1.82, 2.24) is 14.7 Å². The predicted octanol–water partition coefficient (Wildman–Crippen LogP) is 0.745. The van der Waals surface area contributed by atoms with Crippen LogP contribution in [0.25, 0.3) is 0 Å². The van der Waals surface area contributed by atoms with E-state index in [1.54, 1.807) is 19.3 Å². The first kappa shape index (κ1) is 13.2. The normalized spacial score (nSPS) is 10.6. The lowest BCUT2D eigenvalue weighted by Crippen LogP contribution is -2.39. The van der Waals surface area contributed by atoms with Crippen LogP contribution in [0.2, 0.25) is 0 Å². The number of hydrogen-bond acceptors (Lipinski definition) is 3. The van der Waals surface area contributed by atoms with E-state index >= 15 is 0 Å². The minimum atomic E-state index is -0.909. The number of nitrogens with zero attached hydrogens (tertiary/aromatic N) is 3. The first-order valence-corrected chi connectivity index (χ1v) is 5.44. The number of carboxylic acids is 1. The van der Waals surface area contributed by atoms with E-state index in [0.717, 1.165) is 0 Å². The van der Waals surface area contributed by atoms with Crippen LogP contribution in [0.15, 0.2) is 12.3 Å². The summed E-state index contributed by atoms with van der Waals surface area (Å²) >= 11 is 0. The van der Waals surface area contributed by atoms with E-state index in [4.69, 9.17) is 5.11 Å². The van der Waals surface area contributed by atoms with Gasteiger partial charge in [0.1, 0.15) is 5.69 Å². The molecular weight excluding hydrogens is 222 g/mol. The van der Waals surface area contributed by atoms with E-state index in [9.17, 15) is 9.59 Å². The Labute approximate surface area is 99.8 Å².